The van der Waals surface area contributed by atoms with E-state index >= 15 is 0 Å². The van der Waals surface area contributed by atoms with Crippen LogP contribution < -0.4 is 0 Å². The van der Waals surface area contributed by atoms with Crippen molar-refractivity contribution in [1.29, 1.82) is 0 Å². The molecule has 0 aromatic rings. The molecule has 0 spiro atoms. The molecule has 0 bridgehead atoms. The van der Waals surface area contributed by atoms with E-state index in [1.807, 2.05) is 0 Å². The Balaban J connectivity index is 2.25. The molecule has 0 aliphatic carbocycles. The lowest BCUT2D eigenvalue weighted by atomic mass is 10.1. The number of Topliss-reactive ketones (excluding diaryl/α,β-unsaturated/α-hetero) is 3. The van der Waals surface area contributed by atoms with Crippen molar-refractivity contribution in [3.63, 3.8) is 0 Å². The molecule has 1 heterocycles. The lowest BCUT2D eigenvalue weighted by Gasteiger charge is -1.92. The Kier molecular flexibility index (Phi) is 2.67. The Hall–Kier alpha value is -1.07. The summed E-state index contributed by atoms with van der Waals surface area (Å²) in [5.74, 6) is -1.07. The minimum atomic E-state index is -0.874. The van der Waals surface area contributed by atoms with Gasteiger partial charge in [0.2, 0.25) is 5.78 Å². The fourth-order valence-corrected chi connectivity index (χ4v) is 0.753. The predicted molar refractivity (Wildman–Crippen MR) is 35.9 cm³/mol. The van der Waals surface area contributed by atoms with Gasteiger partial charge in [0.05, 0.1) is 12.8 Å². The van der Waals surface area contributed by atoms with E-state index in [0.717, 1.165) is 0 Å². The molecule has 0 amide bonds. The van der Waals surface area contributed by atoms with Crippen LogP contribution in [0.4, 0.5) is 0 Å². The van der Waals surface area contributed by atoms with E-state index in [0.29, 0.717) is 0 Å². The smallest absolute Gasteiger partial charge is 0.282 e. The summed E-state index contributed by atoms with van der Waals surface area (Å²) in [5.41, 5.74) is 0. The van der Waals surface area contributed by atoms with Crippen LogP contribution in [0.1, 0.15) is 19.8 Å². The monoisotopic (exact) mass is 172 g/mol. The predicted octanol–water partition coefficient (Wildman–Crippen LogP) is -0.218. The number of hydrogen-bond acceptors (Lipinski definition) is 5. The highest BCUT2D eigenvalue weighted by atomic mass is 17.4. The van der Waals surface area contributed by atoms with Crippen LogP contribution in [-0.2, 0) is 24.2 Å². The lowest BCUT2D eigenvalue weighted by Crippen LogP contribution is -2.14. The summed E-state index contributed by atoms with van der Waals surface area (Å²) in [4.78, 5) is 40.5. The van der Waals surface area contributed by atoms with E-state index in [1.165, 1.54) is 6.92 Å². The molecule has 0 unspecified atom stereocenters. The van der Waals surface area contributed by atoms with Crippen molar-refractivity contribution < 1.29 is 24.2 Å². The first-order chi connectivity index (χ1) is 5.59. The van der Waals surface area contributed by atoms with Crippen LogP contribution in [0.2, 0.25) is 0 Å². The molecule has 0 aromatic heterocycles. The van der Waals surface area contributed by atoms with Crippen LogP contribution in [0.3, 0.4) is 0 Å². The molecule has 5 heteroatoms. The van der Waals surface area contributed by atoms with Gasteiger partial charge in [-0.1, -0.05) is 0 Å². The second-order valence-corrected chi connectivity index (χ2v) is 2.58. The first-order valence-electron chi connectivity index (χ1n) is 3.45. The normalized spacial score (nSPS) is 15.8. The standard InChI is InChI=1S/C7H8O5/c1-4(8)2-5(9)3-6(10)7-11-12-7/h7H,2-3H2,1H3. The van der Waals surface area contributed by atoms with Crippen molar-refractivity contribution in [1.82, 2.24) is 0 Å². The Labute approximate surface area is 68.6 Å². The number of ketones is 3. The molecule has 0 radical (unpaired) electrons. The van der Waals surface area contributed by atoms with Crippen molar-refractivity contribution in [3.05, 3.63) is 0 Å². The second kappa shape index (κ2) is 3.55. The first-order valence-corrected chi connectivity index (χ1v) is 3.45. The summed E-state index contributed by atoms with van der Waals surface area (Å²) in [6.07, 6.45) is -1.36. The van der Waals surface area contributed by atoms with Crippen molar-refractivity contribution in [2.24, 2.45) is 0 Å². The van der Waals surface area contributed by atoms with Crippen LogP contribution in [0.25, 0.3) is 0 Å². The van der Waals surface area contributed by atoms with Crippen molar-refractivity contribution in [2.75, 3.05) is 0 Å². The molecule has 1 fully saturated rings. The minimum absolute atomic E-state index is 0.196. The van der Waals surface area contributed by atoms with E-state index in [1.54, 1.807) is 0 Å². The summed E-state index contributed by atoms with van der Waals surface area (Å²) < 4.78 is 0. The van der Waals surface area contributed by atoms with Gasteiger partial charge in [-0.25, -0.2) is 0 Å². The summed E-state index contributed by atoms with van der Waals surface area (Å²) in [6, 6.07) is 0. The zero-order valence-corrected chi connectivity index (χ0v) is 6.53. The van der Waals surface area contributed by atoms with Gasteiger partial charge >= 0.3 is 0 Å². The highest BCUT2D eigenvalue weighted by Crippen LogP contribution is 2.14. The van der Waals surface area contributed by atoms with Gasteiger partial charge in [-0.2, -0.15) is 9.78 Å². The molecule has 66 valence electrons. The van der Waals surface area contributed by atoms with Crippen LogP contribution in [0.5, 0.6) is 0 Å². The highest BCUT2D eigenvalue weighted by Gasteiger charge is 2.35. The van der Waals surface area contributed by atoms with Crippen molar-refractivity contribution in [3.8, 4) is 0 Å². The van der Waals surface area contributed by atoms with Crippen LogP contribution >= 0.6 is 0 Å². The van der Waals surface area contributed by atoms with Crippen molar-refractivity contribution in [2.45, 2.75) is 26.1 Å². The molecule has 1 saturated heterocycles. The van der Waals surface area contributed by atoms with E-state index < -0.39 is 17.9 Å². The SMILES string of the molecule is CC(=O)CC(=O)CC(=O)C1OO1. The Morgan fingerprint density at radius 3 is 2.17 bits per heavy atom. The quantitative estimate of drug-likeness (QED) is 0.325. The number of hydrogen-bond donors (Lipinski definition) is 0. The minimum Gasteiger partial charge on any atom is -0.300 e. The van der Waals surface area contributed by atoms with E-state index in [9.17, 15) is 14.4 Å². The molecule has 0 atom stereocenters. The Morgan fingerprint density at radius 1 is 1.17 bits per heavy atom. The van der Waals surface area contributed by atoms with Gasteiger partial charge in [0.15, 0.2) is 0 Å². The zero-order valence-electron chi connectivity index (χ0n) is 6.53. The summed E-state index contributed by atoms with van der Waals surface area (Å²) in [6.45, 7) is 1.30. The first kappa shape index (κ1) is 9.02. The van der Waals surface area contributed by atoms with Gasteiger partial charge in [-0.15, -0.1) is 0 Å². The topological polar surface area (TPSA) is 76.3 Å². The van der Waals surface area contributed by atoms with Crippen LogP contribution in [-0.4, -0.2) is 23.6 Å². The average molecular weight is 172 g/mol. The van der Waals surface area contributed by atoms with Gasteiger partial charge in [-0.3, -0.25) is 14.4 Å². The third kappa shape index (κ3) is 2.89. The van der Waals surface area contributed by atoms with E-state index in [2.05, 4.69) is 9.78 Å². The van der Waals surface area contributed by atoms with Gasteiger partial charge in [-0.05, 0) is 6.92 Å². The van der Waals surface area contributed by atoms with E-state index in [4.69, 9.17) is 0 Å². The third-order valence-electron chi connectivity index (χ3n) is 1.27. The molecular weight excluding hydrogens is 164 g/mol. The van der Waals surface area contributed by atoms with Gasteiger partial charge in [0.1, 0.15) is 11.6 Å². The molecule has 1 aliphatic rings. The van der Waals surface area contributed by atoms with Gasteiger partial charge in [0.25, 0.3) is 6.29 Å². The van der Waals surface area contributed by atoms with Gasteiger partial charge < -0.3 is 0 Å². The average Bonchev–Trinajstić information content (AvgIpc) is 2.63. The summed E-state index contributed by atoms with van der Waals surface area (Å²) in [5, 5.41) is 0. The molecule has 0 aromatic carbocycles. The van der Waals surface area contributed by atoms with Gasteiger partial charge in [0, 0.05) is 0 Å². The molecule has 5 nitrogen and oxygen atoms in total. The van der Waals surface area contributed by atoms with Crippen molar-refractivity contribution >= 4 is 17.3 Å². The molecule has 1 rings (SSSR count). The molecule has 1 aliphatic heterocycles. The molecule has 0 N–H and O–H groups in total. The third-order valence-corrected chi connectivity index (χ3v) is 1.27. The number of carbonyl (C=O) groups excluding carboxylic acids is 3. The maximum atomic E-state index is 10.8. The Bertz CT molecular complexity index is 228. The highest BCUT2D eigenvalue weighted by molar-refractivity contribution is 6.07. The molecular formula is C7H8O5. The lowest BCUT2D eigenvalue weighted by molar-refractivity contribution is -0.130. The van der Waals surface area contributed by atoms with E-state index in [-0.39, 0.29) is 18.6 Å². The second-order valence-electron chi connectivity index (χ2n) is 2.58. The van der Waals surface area contributed by atoms with Crippen LogP contribution in [0, 0.1) is 0 Å². The molecule has 12 heavy (non-hydrogen) atoms. The maximum absolute atomic E-state index is 10.8. The summed E-state index contributed by atoms with van der Waals surface area (Å²) in [7, 11) is 0. The number of rotatable bonds is 5. The molecule has 0 saturated carbocycles. The Morgan fingerprint density at radius 2 is 1.75 bits per heavy atom. The zero-order chi connectivity index (χ0) is 9.14. The summed E-state index contributed by atoms with van der Waals surface area (Å²) >= 11 is 0. The fraction of sp³-hybridized carbons (Fsp3) is 0.571. The largest absolute Gasteiger partial charge is 0.300 e. The van der Waals surface area contributed by atoms with Crippen LogP contribution in [0.15, 0.2) is 0 Å². The fourth-order valence-electron chi connectivity index (χ4n) is 0.753. The number of carbonyl (C=O) groups is 3. The maximum Gasteiger partial charge on any atom is 0.282 e.